The number of unbranched alkanes of at least 4 members (excludes halogenated alkanes) is 13. The van der Waals surface area contributed by atoms with Gasteiger partial charge in [0.1, 0.15) is 11.9 Å². The van der Waals surface area contributed by atoms with E-state index in [4.69, 9.17) is 30.1 Å². The van der Waals surface area contributed by atoms with E-state index in [1.54, 1.807) is 5.57 Å². The number of rotatable bonds is 19. The second-order valence-corrected chi connectivity index (χ2v) is 18.7. The minimum Gasteiger partial charge on any atom is -0.379 e. The average Bonchev–Trinajstić information content (AvgIpc) is 3.55. The number of hydrogen-bond acceptors (Lipinski definition) is 6. The Hall–Kier alpha value is -0.100. The maximum Gasteiger partial charge on any atom is 0.327 e. The van der Waals surface area contributed by atoms with Gasteiger partial charge in [-0.2, -0.15) is 0 Å². The third-order valence-electron chi connectivity index (χ3n) is 12.7. The molecule has 5 nitrogen and oxygen atoms in total. The highest BCUT2D eigenvalue weighted by Crippen LogP contribution is 2.65. The second kappa shape index (κ2) is 17.0. The van der Waals surface area contributed by atoms with Gasteiger partial charge >= 0.3 is 6.72 Å². The zero-order chi connectivity index (χ0) is 31.8. The van der Waals surface area contributed by atoms with Crippen molar-refractivity contribution in [2.75, 3.05) is 19.8 Å². The van der Waals surface area contributed by atoms with Crippen LogP contribution in [-0.4, -0.2) is 37.8 Å². The Balaban J connectivity index is 0.922. The highest BCUT2D eigenvalue weighted by Gasteiger charge is 2.58. The number of ether oxygens (including phenoxy) is 1. The minimum atomic E-state index is -2.73. The molecular formula is C38H65O5PS. The molecule has 0 aromatic heterocycles. The minimum absolute atomic E-state index is 0.0635. The van der Waals surface area contributed by atoms with E-state index in [1.165, 1.54) is 89.9 Å². The SMILES string of the molecule is CCCCCCCCCCCCCCCCOC[C@H]1COP(=S)(O[C@H]2CC[C@@]3(C)C(=CC[C@@H]4[C@@H]3CC[C@]3(C)C(=O)CC[C@@H]43)C2)O1. The van der Waals surface area contributed by atoms with E-state index < -0.39 is 6.72 Å². The quantitative estimate of drug-likeness (QED) is 0.0778. The highest BCUT2D eigenvalue weighted by molar-refractivity contribution is 8.07. The van der Waals surface area contributed by atoms with E-state index in [0.29, 0.717) is 36.8 Å². The molecule has 3 saturated carbocycles. The number of ketones is 1. The van der Waals surface area contributed by atoms with Crippen LogP contribution < -0.4 is 0 Å². The molecule has 5 aliphatic rings. The molecule has 0 bridgehead atoms. The van der Waals surface area contributed by atoms with E-state index in [0.717, 1.165) is 58.0 Å². The molecule has 1 aliphatic heterocycles. The van der Waals surface area contributed by atoms with E-state index in [-0.39, 0.29) is 23.0 Å². The molecule has 4 fully saturated rings. The van der Waals surface area contributed by atoms with Gasteiger partial charge in [0.2, 0.25) is 0 Å². The number of fused-ring (bicyclic) bond motifs is 5. The first-order valence-electron chi connectivity index (χ1n) is 19.2. The summed E-state index contributed by atoms with van der Waals surface area (Å²) in [5.74, 6) is 2.45. The Bertz CT molecular complexity index is 1030. The normalized spacial score (nSPS) is 37.7. The summed E-state index contributed by atoms with van der Waals surface area (Å²) in [5, 5.41) is 0. The first-order chi connectivity index (χ1) is 21.8. The molecule has 4 aliphatic carbocycles. The summed E-state index contributed by atoms with van der Waals surface area (Å²) in [4.78, 5) is 12.7. The fraction of sp³-hybridized carbons (Fsp3) is 0.921. The molecule has 8 atom stereocenters. The summed E-state index contributed by atoms with van der Waals surface area (Å²) in [6.07, 6.45) is 30.0. The van der Waals surface area contributed by atoms with Gasteiger partial charge in [-0.1, -0.05) is 116 Å². The van der Waals surface area contributed by atoms with Gasteiger partial charge in [-0.25, -0.2) is 0 Å². The number of carbonyl (C=O) groups excluding carboxylic acids is 1. The van der Waals surface area contributed by atoms with Crippen molar-refractivity contribution in [3.05, 3.63) is 11.6 Å². The molecule has 1 heterocycles. The zero-order valence-corrected chi connectivity index (χ0v) is 30.7. The smallest absolute Gasteiger partial charge is 0.327 e. The maximum atomic E-state index is 12.7. The Kier molecular flexibility index (Phi) is 13.7. The first-order valence-corrected chi connectivity index (χ1v) is 21.7. The van der Waals surface area contributed by atoms with Crippen LogP contribution >= 0.6 is 6.72 Å². The van der Waals surface area contributed by atoms with Crippen LogP contribution in [0.15, 0.2) is 11.6 Å². The van der Waals surface area contributed by atoms with Gasteiger partial charge in [0.25, 0.3) is 0 Å². The molecule has 7 heteroatoms. The number of carbonyl (C=O) groups is 1. The molecule has 1 saturated heterocycles. The van der Waals surface area contributed by atoms with Crippen LogP contribution in [0.2, 0.25) is 0 Å². The van der Waals surface area contributed by atoms with Crippen molar-refractivity contribution in [2.45, 2.75) is 174 Å². The molecule has 0 amide bonds. The molecule has 0 aromatic rings. The van der Waals surface area contributed by atoms with Crippen molar-refractivity contribution in [1.29, 1.82) is 0 Å². The molecule has 5 rings (SSSR count). The summed E-state index contributed by atoms with van der Waals surface area (Å²) >= 11 is 5.82. The molecule has 45 heavy (non-hydrogen) atoms. The van der Waals surface area contributed by atoms with Crippen LogP contribution in [0.25, 0.3) is 0 Å². The van der Waals surface area contributed by atoms with Gasteiger partial charge in [0.15, 0.2) is 0 Å². The van der Waals surface area contributed by atoms with Crippen molar-refractivity contribution in [3.8, 4) is 0 Å². The van der Waals surface area contributed by atoms with Gasteiger partial charge in [-0.05, 0) is 86.3 Å². The largest absolute Gasteiger partial charge is 0.379 e. The summed E-state index contributed by atoms with van der Waals surface area (Å²) in [6.45, 7) is 6.13. The fourth-order valence-electron chi connectivity index (χ4n) is 9.84. The lowest BCUT2D eigenvalue weighted by Gasteiger charge is -2.57. The van der Waals surface area contributed by atoms with Gasteiger partial charge in [0.05, 0.1) is 19.3 Å². The van der Waals surface area contributed by atoms with Crippen LogP contribution in [0.1, 0.15) is 162 Å². The summed E-state index contributed by atoms with van der Waals surface area (Å²) in [7, 11) is 0. The summed E-state index contributed by atoms with van der Waals surface area (Å²) < 4.78 is 24.6. The van der Waals surface area contributed by atoms with Crippen LogP contribution in [0.3, 0.4) is 0 Å². The van der Waals surface area contributed by atoms with Gasteiger partial charge in [0, 0.05) is 18.4 Å². The van der Waals surface area contributed by atoms with Crippen molar-refractivity contribution in [1.82, 2.24) is 0 Å². The Morgan fingerprint density at radius 1 is 0.867 bits per heavy atom. The van der Waals surface area contributed by atoms with E-state index >= 15 is 0 Å². The van der Waals surface area contributed by atoms with Crippen molar-refractivity contribution < 1.29 is 23.1 Å². The van der Waals surface area contributed by atoms with Crippen molar-refractivity contribution in [2.24, 2.45) is 28.6 Å². The van der Waals surface area contributed by atoms with Crippen molar-refractivity contribution in [3.63, 3.8) is 0 Å². The monoisotopic (exact) mass is 664 g/mol. The number of hydrogen-bond donors (Lipinski definition) is 0. The van der Waals surface area contributed by atoms with Gasteiger partial charge in [-0.3, -0.25) is 4.79 Å². The average molecular weight is 665 g/mol. The Morgan fingerprint density at radius 2 is 1.49 bits per heavy atom. The van der Waals surface area contributed by atoms with Crippen LogP contribution in [0.5, 0.6) is 0 Å². The van der Waals surface area contributed by atoms with Gasteiger partial charge < -0.3 is 18.3 Å². The topological polar surface area (TPSA) is 54.0 Å². The fourth-order valence-corrected chi connectivity index (χ4v) is 12.3. The Labute approximate surface area is 281 Å². The van der Waals surface area contributed by atoms with Crippen LogP contribution in [0.4, 0.5) is 0 Å². The Morgan fingerprint density at radius 3 is 2.18 bits per heavy atom. The predicted octanol–water partition coefficient (Wildman–Crippen LogP) is 11.0. The van der Waals surface area contributed by atoms with E-state index in [2.05, 4.69) is 26.8 Å². The lowest BCUT2D eigenvalue weighted by Crippen LogP contribution is -2.50. The van der Waals surface area contributed by atoms with E-state index in [1.807, 2.05) is 0 Å². The zero-order valence-electron chi connectivity index (χ0n) is 29.0. The predicted molar refractivity (Wildman–Crippen MR) is 188 cm³/mol. The molecule has 258 valence electrons. The molecular weight excluding hydrogens is 599 g/mol. The molecule has 0 spiro atoms. The van der Waals surface area contributed by atoms with E-state index in [9.17, 15) is 4.79 Å². The molecule has 0 radical (unpaired) electrons. The number of Topliss-reactive ketones (excluding diaryl/α,β-unsaturated/α-hetero) is 1. The second-order valence-electron chi connectivity index (χ2n) is 15.8. The highest BCUT2D eigenvalue weighted by atomic mass is 32.5. The lowest BCUT2D eigenvalue weighted by atomic mass is 9.48. The third-order valence-corrected chi connectivity index (χ3v) is 15.1. The van der Waals surface area contributed by atoms with Crippen LogP contribution in [0, 0.1) is 28.6 Å². The molecule has 1 unspecified atom stereocenters. The van der Waals surface area contributed by atoms with Gasteiger partial charge in [-0.15, -0.1) is 0 Å². The summed E-state index contributed by atoms with van der Waals surface area (Å²) in [6, 6.07) is 0. The maximum absolute atomic E-state index is 12.7. The van der Waals surface area contributed by atoms with Crippen molar-refractivity contribution >= 4 is 24.3 Å². The molecule has 0 aromatic carbocycles. The number of allylic oxidation sites excluding steroid dienone is 1. The lowest BCUT2D eigenvalue weighted by molar-refractivity contribution is -0.131. The first kappa shape index (κ1) is 36.2. The standard InChI is InChI=1S/C38H65O5PS/c1-4-5-6-7-8-9-10-11-12-13-14-15-16-17-26-40-28-32-29-41-44(45,43-32)42-31-22-24-37(2)30(27-31)18-19-33-34-20-21-36(39)38(34,3)25-23-35(33)37/h18,31-35H,4-17,19-29H2,1-3H3/t31-,32-,33-,34-,35-,37-,38-,44?/m0/s1. The van der Waals surface area contributed by atoms with Crippen LogP contribution in [-0.2, 0) is 34.9 Å². The summed E-state index contributed by atoms with van der Waals surface area (Å²) in [5.41, 5.74) is 1.72. The third kappa shape index (κ3) is 9.13. The molecule has 0 N–H and O–H groups in total.